The van der Waals surface area contributed by atoms with Gasteiger partial charge in [0.25, 0.3) is 5.91 Å². The van der Waals surface area contributed by atoms with Gasteiger partial charge in [0, 0.05) is 25.7 Å². The number of aliphatic hydroxyl groups is 1. The average Bonchev–Trinajstić information content (AvgIpc) is 3.28. The van der Waals surface area contributed by atoms with E-state index in [0.717, 1.165) is 19.3 Å². The number of nitrogens with one attached hydrogen (secondary N) is 1. The highest BCUT2D eigenvalue weighted by Crippen LogP contribution is 2.43. The van der Waals surface area contributed by atoms with Gasteiger partial charge in [0.05, 0.1) is 0 Å². The Labute approximate surface area is 174 Å². The van der Waals surface area contributed by atoms with Gasteiger partial charge in [0.15, 0.2) is 5.76 Å². The lowest BCUT2D eigenvalue weighted by atomic mass is 9.76. The predicted molar refractivity (Wildman–Crippen MR) is 113 cm³/mol. The van der Waals surface area contributed by atoms with E-state index in [-0.39, 0.29) is 24.3 Å². The highest BCUT2D eigenvalue weighted by Gasteiger charge is 2.41. The van der Waals surface area contributed by atoms with E-state index in [1.165, 1.54) is 31.2 Å². The molecule has 29 heavy (non-hydrogen) atoms. The number of allylic oxidation sites excluding steroid dienone is 1. The van der Waals surface area contributed by atoms with Crippen molar-refractivity contribution in [2.45, 2.75) is 58.2 Å². The van der Waals surface area contributed by atoms with Crippen LogP contribution in [0.25, 0.3) is 0 Å². The zero-order valence-electron chi connectivity index (χ0n) is 17.5. The molecule has 0 aromatic heterocycles. The minimum Gasteiger partial charge on any atom is -0.459 e. The second-order valence-electron chi connectivity index (χ2n) is 8.12. The molecule has 160 valence electrons. The van der Waals surface area contributed by atoms with Crippen LogP contribution in [0, 0.1) is 17.8 Å². The number of benzene rings is 1. The maximum Gasteiger partial charge on any atom is 0.286 e. The number of hydrogen-bond donors (Lipinski definition) is 2. The van der Waals surface area contributed by atoms with E-state index in [1.54, 1.807) is 0 Å². The largest absolute Gasteiger partial charge is 0.459 e. The Hall–Kier alpha value is -1.85. The average molecular weight is 402 g/mol. The third-order valence-corrected chi connectivity index (χ3v) is 6.17. The molecular weight excluding hydrogens is 366 g/mol. The monoisotopic (exact) mass is 401 g/mol. The number of carbonyl (C=O) groups is 1. The zero-order chi connectivity index (χ0) is 20.5. The molecule has 2 aliphatic rings. The molecule has 1 aromatic carbocycles. The number of rotatable bonds is 10. The zero-order valence-corrected chi connectivity index (χ0v) is 17.5. The predicted octanol–water partition coefficient (Wildman–Crippen LogP) is 3.82. The first-order valence-electron chi connectivity index (χ1n) is 11.2. The summed E-state index contributed by atoms with van der Waals surface area (Å²) in [5, 5.41) is 12.3. The molecule has 0 unspecified atom stereocenters. The van der Waals surface area contributed by atoms with Gasteiger partial charge in [-0.2, -0.15) is 0 Å². The molecule has 1 amide bonds. The van der Waals surface area contributed by atoms with Gasteiger partial charge in [-0.1, -0.05) is 43.2 Å². The van der Waals surface area contributed by atoms with Crippen LogP contribution in [0.5, 0.6) is 0 Å². The maximum atomic E-state index is 12.8. The van der Waals surface area contributed by atoms with Crippen LogP contribution in [0.3, 0.4) is 0 Å². The van der Waals surface area contributed by atoms with Crippen molar-refractivity contribution in [2.24, 2.45) is 17.8 Å². The van der Waals surface area contributed by atoms with Crippen molar-refractivity contribution in [3.05, 3.63) is 47.7 Å². The molecule has 3 atom stereocenters. The fraction of sp³-hybridized carbons (Fsp3) is 0.625. The fourth-order valence-corrected chi connectivity index (χ4v) is 4.72. The minimum absolute atomic E-state index is 0.158. The molecule has 0 spiro atoms. The van der Waals surface area contributed by atoms with Crippen molar-refractivity contribution in [3.8, 4) is 0 Å². The fourth-order valence-electron chi connectivity index (χ4n) is 4.72. The van der Waals surface area contributed by atoms with Crippen molar-refractivity contribution in [1.29, 1.82) is 0 Å². The van der Waals surface area contributed by atoms with Crippen LogP contribution in [-0.2, 0) is 20.7 Å². The smallest absolute Gasteiger partial charge is 0.286 e. The molecule has 0 radical (unpaired) electrons. The standard InChI is InChI=1S/C24H35NO4/c1-2-28-24-20(13-8-16-26)21(19-11-6-7-12-19)17-22(29-24)23(27)25-15-14-18-9-4-3-5-10-18/h3-5,9-10,17,19-21,24,26H,2,6-8,11-16H2,1H3,(H,25,27)/t20-,21+,24+/m0/s1. The summed E-state index contributed by atoms with van der Waals surface area (Å²) in [6.07, 6.45) is 8.88. The molecule has 5 heteroatoms. The van der Waals surface area contributed by atoms with Crippen LogP contribution in [0.2, 0.25) is 0 Å². The molecular formula is C24H35NO4. The van der Waals surface area contributed by atoms with Crippen LogP contribution >= 0.6 is 0 Å². The molecule has 3 rings (SSSR count). The number of carbonyl (C=O) groups excluding carboxylic acids is 1. The van der Waals surface area contributed by atoms with E-state index >= 15 is 0 Å². The van der Waals surface area contributed by atoms with Gasteiger partial charge in [-0.25, -0.2) is 0 Å². The Kier molecular flexibility index (Phi) is 8.56. The lowest BCUT2D eigenvalue weighted by Gasteiger charge is -2.39. The van der Waals surface area contributed by atoms with Gasteiger partial charge in [-0.05, 0) is 62.5 Å². The Morgan fingerprint density at radius 2 is 2.00 bits per heavy atom. The van der Waals surface area contributed by atoms with Gasteiger partial charge in [-0.3, -0.25) is 4.79 Å². The molecule has 1 heterocycles. The van der Waals surface area contributed by atoms with Crippen molar-refractivity contribution in [3.63, 3.8) is 0 Å². The normalized spacial score (nSPS) is 24.8. The Morgan fingerprint density at radius 3 is 2.69 bits per heavy atom. The Balaban J connectivity index is 1.68. The molecule has 0 saturated heterocycles. The molecule has 1 aromatic rings. The number of hydrogen-bond acceptors (Lipinski definition) is 4. The lowest BCUT2D eigenvalue weighted by molar-refractivity contribution is -0.176. The first-order valence-corrected chi connectivity index (χ1v) is 11.2. The second-order valence-corrected chi connectivity index (χ2v) is 8.12. The van der Waals surface area contributed by atoms with Crippen molar-refractivity contribution in [2.75, 3.05) is 19.8 Å². The summed E-state index contributed by atoms with van der Waals surface area (Å²) in [4.78, 5) is 12.8. The molecule has 1 fully saturated rings. The molecule has 5 nitrogen and oxygen atoms in total. The van der Waals surface area contributed by atoms with E-state index in [4.69, 9.17) is 9.47 Å². The van der Waals surface area contributed by atoms with E-state index in [9.17, 15) is 9.90 Å². The van der Waals surface area contributed by atoms with Crippen molar-refractivity contribution in [1.82, 2.24) is 5.32 Å². The molecule has 0 bridgehead atoms. The van der Waals surface area contributed by atoms with Crippen LogP contribution < -0.4 is 5.32 Å². The third-order valence-electron chi connectivity index (χ3n) is 6.17. The number of aliphatic hydroxyl groups excluding tert-OH is 1. The first kappa shape index (κ1) is 21.8. The van der Waals surface area contributed by atoms with Gasteiger partial charge in [-0.15, -0.1) is 0 Å². The van der Waals surface area contributed by atoms with Crippen LogP contribution in [-0.4, -0.2) is 37.1 Å². The molecule has 1 saturated carbocycles. The Bertz CT molecular complexity index is 654. The van der Waals surface area contributed by atoms with Gasteiger partial charge < -0.3 is 19.9 Å². The lowest BCUT2D eigenvalue weighted by Crippen LogP contribution is -2.41. The quantitative estimate of drug-likeness (QED) is 0.625. The van der Waals surface area contributed by atoms with Crippen LogP contribution in [0.1, 0.15) is 51.0 Å². The minimum atomic E-state index is -0.419. The van der Waals surface area contributed by atoms with Crippen LogP contribution in [0.15, 0.2) is 42.2 Å². The summed E-state index contributed by atoms with van der Waals surface area (Å²) < 4.78 is 11.9. The van der Waals surface area contributed by atoms with Crippen LogP contribution in [0.4, 0.5) is 0 Å². The summed E-state index contributed by atoms with van der Waals surface area (Å²) in [6.45, 7) is 3.24. The highest BCUT2D eigenvalue weighted by atomic mass is 16.7. The SMILES string of the molecule is CCO[C@@H]1OC(C(=O)NCCc2ccccc2)=C[C@H](C2CCCC2)[C@@H]1CCCO. The van der Waals surface area contributed by atoms with Gasteiger partial charge in [0.2, 0.25) is 6.29 Å². The summed E-state index contributed by atoms with van der Waals surface area (Å²) in [5.74, 6) is 1.26. The summed E-state index contributed by atoms with van der Waals surface area (Å²) in [7, 11) is 0. The van der Waals surface area contributed by atoms with Crippen molar-refractivity contribution < 1.29 is 19.4 Å². The first-order chi connectivity index (χ1) is 14.2. The topological polar surface area (TPSA) is 67.8 Å². The number of ether oxygens (including phenoxy) is 2. The molecule has 1 aliphatic carbocycles. The molecule has 1 aliphatic heterocycles. The third kappa shape index (κ3) is 6.06. The Morgan fingerprint density at radius 1 is 1.24 bits per heavy atom. The van der Waals surface area contributed by atoms with E-state index in [2.05, 4.69) is 17.4 Å². The summed E-state index contributed by atoms with van der Waals surface area (Å²) in [5.41, 5.74) is 1.20. The number of amides is 1. The van der Waals surface area contributed by atoms with Crippen molar-refractivity contribution >= 4 is 5.91 Å². The van der Waals surface area contributed by atoms with E-state index < -0.39 is 6.29 Å². The molecule has 2 N–H and O–H groups in total. The van der Waals surface area contributed by atoms with Gasteiger partial charge in [0.1, 0.15) is 0 Å². The maximum absolute atomic E-state index is 12.8. The van der Waals surface area contributed by atoms with Gasteiger partial charge >= 0.3 is 0 Å². The summed E-state index contributed by atoms with van der Waals surface area (Å²) >= 11 is 0. The second kappa shape index (κ2) is 11.4. The van der Waals surface area contributed by atoms with E-state index in [0.29, 0.717) is 24.8 Å². The van der Waals surface area contributed by atoms with E-state index in [1.807, 2.05) is 31.2 Å². The summed E-state index contributed by atoms with van der Waals surface area (Å²) in [6, 6.07) is 10.1. The highest BCUT2D eigenvalue weighted by molar-refractivity contribution is 5.91.